The number of halogens is 3. The van der Waals surface area contributed by atoms with Gasteiger partial charge in [-0.25, -0.2) is 8.78 Å². The lowest BCUT2D eigenvalue weighted by atomic mass is 10.1. The van der Waals surface area contributed by atoms with Gasteiger partial charge in [-0.15, -0.1) is 0 Å². The van der Waals surface area contributed by atoms with Crippen molar-refractivity contribution >= 4 is 15.9 Å². The van der Waals surface area contributed by atoms with Crippen LogP contribution in [-0.2, 0) is 6.42 Å². The zero-order valence-electron chi connectivity index (χ0n) is 9.38. The Kier molecular flexibility index (Phi) is 5.64. The highest BCUT2D eigenvalue weighted by Gasteiger charge is 2.13. The number of ether oxygens (including phenoxy) is 2. The highest BCUT2D eigenvalue weighted by molar-refractivity contribution is 9.10. The SMILES string of the molecule is COc1cc(CCN)cc(Br)c1OCC(F)F. The fourth-order valence-corrected chi connectivity index (χ4v) is 1.97. The third kappa shape index (κ3) is 4.12. The van der Waals surface area contributed by atoms with E-state index >= 15 is 0 Å². The summed E-state index contributed by atoms with van der Waals surface area (Å²) in [5.74, 6) is 0.706. The molecule has 1 aromatic carbocycles. The molecule has 0 atom stereocenters. The lowest BCUT2D eigenvalue weighted by molar-refractivity contribution is 0.0800. The second-order valence-electron chi connectivity index (χ2n) is 3.35. The Hall–Kier alpha value is -0.880. The summed E-state index contributed by atoms with van der Waals surface area (Å²) in [5.41, 5.74) is 6.41. The zero-order chi connectivity index (χ0) is 12.8. The number of hydrogen-bond donors (Lipinski definition) is 1. The minimum absolute atomic E-state index is 0.286. The lowest BCUT2D eigenvalue weighted by Crippen LogP contribution is -2.09. The quantitative estimate of drug-likeness (QED) is 0.878. The molecule has 0 aliphatic rings. The molecule has 0 radical (unpaired) electrons. The van der Waals surface area contributed by atoms with Gasteiger partial charge in [0.25, 0.3) is 6.43 Å². The molecule has 96 valence electrons. The van der Waals surface area contributed by atoms with Gasteiger partial charge in [0, 0.05) is 0 Å². The molecule has 2 N–H and O–H groups in total. The van der Waals surface area contributed by atoms with E-state index in [1.54, 1.807) is 12.1 Å². The molecule has 1 aromatic rings. The van der Waals surface area contributed by atoms with E-state index in [-0.39, 0.29) is 5.75 Å². The van der Waals surface area contributed by atoms with Crippen LogP contribution >= 0.6 is 15.9 Å². The fraction of sp³-hybridized carbons (Fsp3) is 0.455. The van der Waals surface area contributed by atoms with Gasteiger partial charge in [0.15, 0.2) is 11.5 Å². The predicted octanol–water partition coefficient (Wildman–Crippen LogP) is 2.60. The topological polar surface area (TPSA) is 44.5 Å². The molecule has 1 rings (SSSR count). The molecule has 0 spiro atoms. The Morgan fingerprint density at radius 2 is 2.12 bits per heavy atom. The Labute approximate surface area is 107 Å². The highest BCUT2D eigenvalue weighted by atomic mass is 79.9. The molecule has 0 aliphatic carbocycles. The number of nitrogens with two attached hydrogens (primary N) is 1. The Balaban J connectivity index is 2.95. The zero-order valence-corrected chi connectivity index (χ0v) is 11.0. The standard InChI is InChI=1S/C11H14BrF2NO2/c1-16-9-5-7(2-3-15)4-8(12)11(9)17-6-10(13)14/h4-5,10H,2-3,6,15H2,1H3. The molecule has 6 heteroatoms. The van der Waals surface area contributed by atoms with Crippen LogP contribution in [-0.4, -0.2) is 26.7 Å². The van der Waals surface area contributed by atoms with Gasteiger partial charge in [0.2, 0.25) is 0 Å². The number of hydrogen-bond acceptors (Lipinski definition) is 3. The molecule has 17 heavy (non-hydrogen) atoms. The Bertz CT molecular complexity index is 375. The van der Waals surface area contributed by atoms with Crippen molar-refractivity contribution in [2.75, 3.05) is 20.3 Å². The van der Waals surface area contributed by atoms with Crippen LogP contribution in [0.25, 0.3) is 0 Å². The average Bonchev–Trinajstić information content (AvgIpc) is 2.27. The van der Waals surface area contributed by atoms with Crippen molar-refractivity contribution in [1.29, 1.82) is 0 Å². The van der Waals surface area contributed by atoms with Crippen LogP contribution in [0.1, 0.15) is 5.56 Å². The fourth-order valence-electron chi connectivity index (χ4n) is 1.37. The van der Waals surface area contributed by atoms with E-state index in [0.29, 0.717) is 23.2 Å². The molecule has 0 amide bonds. The number of benzene rings is 1. The molecule has 0 saturated heterocycles. The van der Waals surface area contributed by atoms with Crippen LogP contribution in [0.15, 0.2) is 16.6 Å². The first-order valence-electron chi connectivity index (χ1n) is 5.06. The number of alkyl halides is 2. The minimum Gasteiger partial charge on any atom is -0.493 e. The van der Waals surface area contributed by atoms with Gasteiger partial charge in [0.1, 0.15) is 6.61 Å². The van der Waals surface area contributed by atoms with Crippen molar-refractivity contribution in [1.82, 2.24) is 0 Å². The van der Waals surface area contributed by atoms with Gasteiger partial charge in [-0.2, -0.15) is 0 Å². The van der Waals surface area contributed by atoms with E-state index in [9.17, 15) is 8.78 Å². The second-order valence-corrected chi connectivity index (χ2v) is 4.20. The van der Waals surface area contributed by atoms with Crippen molar-refractivity contribution in [3.05, 3.63) is 22.2 Å². The van der Waals surface area contributed by atoms with E-state index in [1.165, 1.54) is 7.11 Å². The molecule has 0 heterocycles. The molecule has 0 unspecified atom stereocenters. The molecule has 3 nitrogen and oxygen atoms in total. The van der Waals surface area contributed by atoms with E-state index in [0.717, 1.165) is 5.56 Å². The maximum atomic E-state index is 12.1. The minimum atomic E-state index is -2.52. The van der Waals surface area contributed by atoms with Crippen LogP contribution in [0.5, 0.6) is 11.5 Å². The monoisotopic (exact) mass is 309 g/mol. The Morgan fingerprint density at radius 1 is 1.41 bits per heavy atom. The second kappa shape index (κ2) is 6.76. The van der Waals surface area contributed by atoms with Gasteiger partial charge >= 0.3 is 0 Å². The first kappa shape index (κ1) is 14.2. The van der Waals surface area contributed by atoms with Gasteiger partial charge in [-0.3, -0.25) is 0 Å². The molecular weight excluding hydrogens is 296 g/mol. The predicted molar refractivity (Wildman–Crippen MR) is 65.0 cm³/mol. The van der Waals surface area contributed by atoms with E-state index in [1.807, 2.05) is 0 Å². The Morgan fingerprint density at radius 3 is 2.65 bits per heavy atom. The summed E-state index contributed by atoms with van der Waals surface area (Å²) in [4.78, 5) is 0. The lowest BCUT2D eigenvalue weighted by Gasteiger charge is -2.13. The highest BCUT2D eigenvalue weighted by Crippen LogP contribution is 2.36. The first-order chi connectivity index (χ1) is 8.08. The average molecular weight is 310 g/mol. The summed E-state index contributed by atoms with van der Waals surface area (Å²) in [6, 6.07) is 3.52. The van der Waals surface area contributed by atoms with Gasteiger partial charge in [-0.1, -0.05) is 0 Å². The summed E-state index contributed by atoms with van der Waals surface area (Å²) >= 11 is 3.27. The van der Waals surface area contributed by atoms with Crippen LogP contribution < -0.4 is 15.2 Å². The summed E-state index contributed by atoms with van der Waals surface area (Å²) < 4.78 is 34.9. The molecule has 0 aromatic heterocycles. The van der Waals surface area contributed by atoms with Crippen LogP contribution in [0.3, 0.4) is 0 Å². The molecule has 0 saturated carbocycles. The van der Waals surface area contributed by atoms with Crippen LogP contribution in [0.2, 0.25) is 0 Å². The van der Waals surface area contributed by atoms with Gasteiger partial charge in [0.05, 0.1) is 11.6 Å². The number of rotatable bonds is 6. The van der Waals surface area contributed by atoms with Gasteiger partial charge < -0.3 is 15.2 Å². The van der Waals surface area contributed by atoms with Gasteiger partial charge in [-0.05, 0) is 46.6 Å². The largest absolute Gasteiger partial charge is 0.493 e. The first-order valence-corrected chi connectivity index (χ1v) is 5.85. The van der Waals surface area contributed by atoms with Crippen molar-refractivity contribution < 1.29 is 18.3 Å². The molecule has 0 aliphatic heterocycles. The van der Waals surface area contributed by atoms with Crippen molar-refractivity contribution in [3.8, 4) is 11.5 Å². The van der Waals surface area contributed by atoms with E-state index < -0.39 is 13.0 Å². The maximum Gasteiger partial charge on any atom is 0.272 e. The normalized spacial score (nSPS) is 10.7. The molecule has 0 bridgehead atoms. The van der Waals surface area contributed by atoms with Crippen molar-refractivity contribution in [2.24, 2.45) is 5.73 Å². The van der Waals surface area contributed by atoms with Crippen molar-refractivity contribution in [2.45, 2.75) is 12.8 Å². The van der Waals surface area contributed by atoms with E-state index in [2.05, 4.69) is 15.9 Å². The summed E-state index contributed by atoms with van der Waals surface area (Å²) in [6.45, 7) is -0.155. The van der Waals surface area contributed by atoms with Crippen LogP contribution in [0.4, 0.5) is 8.78 Å². The van der Waals surface area contributed by atoms with E-state index in [4.69, 9.17) is 15.2 Å². The summed E-state index contributed by atoms with van der Waals surface area (Å²) in [6.07, 6.45) is -1.83. The molecular formula is C11H14BrF2NO2. The third-order valence-corrected chi connectivity index (χ3v) is 2.66. The van der Waals surface area contributed by atoms with Crippen molar-refractivity contribution in [3.63, 3.8) is 0 Å². The van der Waals surface area contributed by atoms with Crippen LogP contribution in [0, 0.1) is 0 Å². The summed E-state index contributed by atoms with van der Waals surface area (Å²) in [7, 11) is 1.46. The summed E-state index contributed by atoms with van der Waals surface area (Å²) in [5, 5.41) is 0. The molecule has 0 fully saturated rings. The smallest absolute Gasteiger partial charge is 0.272 e. The number of methoxy groups -OCH3 is 1. The third-order valence-electron chi connectivity index (χ3n) is 2.08. The maximum absolute atomic E-state index is 12.1.